The van der Waals surface area contributed by atoms with Gasteiger partial charge in [0.05, 0.1) is 18.2 Å². The number of hydrogen-bond donors (Lipinski definition) is 0. The number of fused-ring (bicyclic) bond motifs is 1. The predicted octanol–water partition coefficient (Wildman–Crippen LogP) is 3.00. The summed E-state index contributed by atoms with van der Waals surface area (Å²) in [6, 6.07) is 7.93. The van der Waals surface area contributed by atoms with E-state index in [1.54, 1.807) is 0 Å². The van der Waals surface area contributed by atoms with Crippen molar-refractivity contribution in [3.8, 4) is 0 Å². The van der Waals surface area contributed by atoms with Crippen LogP contribution in [0.25, 0.3) is 10.9 Å². The lowest BCUT2D eigenvalue weighted by Gasteiger charge is -2.28. The minimum atomic E-state index is -0.779. The molecule has 1 aromatic carbocycles. The van der Waals surface area contributed by atoms with Gasteiger partial charge in [-0.05, 0) is 55.7 Å². The summed E-state index contributed by atoms with van der Waals surface area (Å²) in [5.74, 6) is -0.398. The van der Waals surface area contributed by atoms with Crippen LogP contribution >= 0.6 is 22.6 Å². The second-order valence-corrected chi connectivity index (χ2v) is 7.37. The molecular weight excluding hydrogens is 404 g/mol. The van der Waals surface area contributed by atoms with Crippen molar-refractivity contribution in [1.82, 2.24) is 4.98 Å². The highest BCUT2D eigenvalue weighted by Gasteiger charge is 2.32. The number of nitrogens with zero attached hydrogens (tertiary/aromatic N) is 1. The molecule has 0 saturated heterocycles. The van der Waals surface area contributed by atoms with Gasteiger partial charge in [0.15, 0.2) is 6.10 Å². The second kappa shape index (κ2) is 7.17. The largest absolute Gasteiger partial charge is 0.467 e. The number of halogens is 1. The highest BCUT2D eigenvalue weighted by atomic mass is 127. The number of hydrogen-bond acceptors (Lipinski definition) is 4. The van der Waals surface area contributed by atoms with Crippen molar-refractivity contribution in [3.05, 3.63) is 39.1 Å². The van der Waals surface area contributed by atoms with Crippen molar-refractivity contribution in [2.45, 2.75) is 38.8 Å². The molecule has 0 saturated carbocycles. The molecule has 0 aliphatic rings. The van der Waals surface area contributed by atoms with Crippen molar-refractivity contribution in [2.24, 2.45) is 0 Å². The van der Waals surface area contributed by atoms with Crippen molar-refractivity contribution >= 4 is 47.3 Å². The van der Waals surface area contributed by atoms with E-state index < -0.39 is 17.7 Å². The van der Waals surface area contributed by atoms with Gasteiger partial charge in [0, 0.05) is 20.2 Å². The molecule has 0 N–H and O–H groups in total. The Hall–Kier alpha value is -1.15. The van der Waals surface area contributed by atoms with Gasteiger partial charge in [0.2, 0.25) is 0 Å². The Labute approximate surface area is 151 Å². The van der Waals surface area contributed by atoms with E-state index in [2.05, 4.69) is 22.6 Å². The Kier molecular flexibility index (Phi) is 5.68. The van der Waals surface area contributed by atoms with Gasteiger partial charge in [-0.25, -0.2) is 4.79 Å². The molecule has 1 aromatic heterocycles. The fourth-order valence-corrected chi connectivity index (χ4v) is 3.51. The second-order valence-electron chi connectivity index (χ2n) is 6.29. The number of methoxy groups -OCH3 is 1. The Balaban J connectivity index is 2.70. The molecule has 0 bridgehead atoms. The minimum Gasteiger partial charge on any atom is -0.467 e. The average molecular weight is 425 g/mol. The summed E-state index contributed by atoms with van der Waals surface area (Å²) in [7, 11) is 3.41. The van der Waals surface area contributed by atoms with E-state index in [0.717, 1.165) is 32.1 Å². The Bertz CT molecular complexity index is 728. The molecule has 0 aliphatic carbocycles. The molecule has 23 heavy (non-hydrogen) atoms. The fourth-order valence-electron chi connectivity index (χ4n) is 2.46. The van der Waals surface area contributed by atoms with E-state index in [9.17, 15) is 4.79 Å². The minimum absolute atomic E-state index is 0.398. The number of esters is 1. The van der Waals surface area contributed by atoms with Crippen LogP contribution in [0.4, 0.5) is 0 Å². The SMILES string of the molecule is BCc1nc2ccccc2c(I)c1[C@H](OC(C)(C)C)C(=O)OC. The van der Waals surface area contributed by atoms with E-state index >= 15 is 0 Å². The van der Waals surface area contributed by atoms with Gasteiger partial charge in [-0.3, -0.25) is 4.98 Å². The van der Waals surface area contributed by atoms with Crippen LogP contribution in [0.3, 0.4) is 0 Å². The third-order valence-electron chi connectivity index (χ3n) is 3.43. The maximum atomic E-state index is 12.4. The van der Waals surface area contributed by atoms with Crippen LogP contribution in [0.2, 0.25) is 0 Å². The fraction of sp³-hybridized carbons (Fsp3) is 0.412. The first-order valence-corrected chi connectivity index (χ1v) is 8.69. The zero-order valence-electron chi connectivity index (χ0n) is 14.1. The Morgan fingerprint density at radius 3 is 2.57 bits per heavy atom. The summed E-state index contributed by atoms with van der Waals surface area (Å²) in [5, 5.41) is 1.02. The molecule has 0 fully saturated rings. The van der Waals surface area contributed by atoms with Crippen LogP contribution in [-0.4, -0.2) is 31.5 Å². The predicted molar refractivity (Wildman–Crippen MR) is 102 cm³/mol. The zero-order valence-corrected chi connectivity index (χ0v) is 16.3. The Morgan fingerprint density at radius 1 is 1.35 bits per heavy atom. The summed E-state index contributed by atoms with van der Waals surface area (Å²) in [4.78, 5) is 17.1. The van der Waals surface area contributed by atoms with Gasteiger partial charge < -0.3 is 9.47 Å². The number of carbonyl (C=O) groups excluding carboxylic acids is 1. The number of ether oxygens (including phenoxy) is 2. The quantitative estimate of drug-likeness (QED) is 0.430. The zero-order chi connectivity index (χ0) is 17.2. The van der Waals surface area contributed by atoms with E-state index in [1.165, 1.54) is 7.11 Å². The van der Waals surface area contributed by atoms with Crippen LogP contribution in [-0.2, 0) is 20.6 Å². The summed E-state index contributed by atoms with van der Waals surface area (Å²) < 4.78 is 12.0. The van der Waals surface area contributed by atoms with Crippen LogP contribution in [0.15, 0.2) is 24.3 Å². The molecule has 2 rings (SSSR count). The van der Waals surface area contributed by atoms with Crippen LogP contribution in [0, 0.1) is 3.57 Å². The molecule has 2 aromatic rings. The first-order chi connectivity index (χ1) is 10.8. The molecule has 0 radical (unpaired) electrons. The molecule has 0 unspecified atom stereocenters. The van der Waals surface area contributed by atoms with Crippen LogP contribution < -0.4 is 0 Å². The molecule has 122 valence electrons. The van der Waals surface area contributed by atoms with Crippen LogP contribution in [0.1, 0.15) is 38.1 Å². The van der Waals surface area contributed by atoms with Gasteiger partial charge in [-0.1, -0.05) is 18.2 Å². The first kappa shape index (κ1) is 18.2. The molecule has 1 heterocycles. The number of pyridine rings is 1. The average Bonchev–Trinajstić information content (AvgIpc) is 2.51. The van der Waals surface area contributed by atoms with Crippen molar-refractivity contribution in [2.75, 3.05) is 7.11 Å². The molecule has 0 aliphatic heterocycles. The topological polar surface area (TPSA) is 48.4 Å². The molecule has 1 atom stereocenters. The normalized spacial score (nSPS) is 13.1. The van der Waals surface area contributed by atoms with E-state index in [-0.39, 0.29) is 0 Å². The monoisotopic (exact) mass is 425 g/mol. The number of para-hydroxylation sites is 1. The molecule has 4 nitrogen and oxygen atoms in total. The highest BCUT2D eigenvalue weighted by molar-refractivity contribution is 14.1. The third kappa shape index (κ3) is 4.04. The first-order valence-electron chi connectivity index (χ1n) is 7.61. The van der Waals surface area contributed by atoms with Crippen LogP contribution in [0.5, 0.6) is 0 Å². The summed E-state index contributed by atoms with van der Waals surface area (Å²) in [6.45, 7) is 5.78. The molecule has 0 spiro atoms. The smallest absolute Gasteiger partial charge is 0.339 e. The van der Waals surface area contributed by atoms with Gasteiger partial charge in [0.1, 0.15) is 7.85 Å². The van der Waals surface area contributed by atoms with E-state index in [1.807, 2.05) is 52.9 Å². The third-order valence-corrected chi connectivity index (χ3v) is 4.59. The van der Waals surface area contributed by atoms with Crippen molar-refractivity contribution in [1.29, 1.82) is 0 Å². The number of benzene rings is 1. The lowest BCUT2D eigenvalue weighted by atomic mass is 9.93. The molecular formula is C17H21BINO3. The Morgan fingerprint density at radius 2 is 2.00 bits per heavy atom. The maximum absolute atomic E-state index is 12.4. The standard InChI is InChI=1S/C17H21BINO3/c1-17(2,3)23-15(16(21)22-4)13-12(9-18)20-11-8-6-5-7-10(11)14(13)19/h5-8,15H,9,18H2,1-4H3/t15-/m0/s1. The van der Waals surface area contributed by atoms with E-state index in [0.29, 0.717) is 0 Å². The maximum Gasteiger partial charge on any atom is 0.339 e. The lowest BCUT2D eigenvalue weighted by molar-refractivity contribution is -0.164. The number of rotatable bonds is 4. The van der Waals surface area contributed by atoms with Crippen molar-refractivity contribution < 1.29 is 14.3 Å². The number of aromatic nitrogens is 1. The van der Waals surface area contributed by atoms with Crippen molar-refractivity contribution in [3.63, 3.8) is 0 Å². The van der Waals surface area contributed by atoms with Gasteiger partial charge in [0.25, 0.3) is 0 Å². The van der Waals surface area contributed by atoms with E-state index in [4.69, 9.17) is 14.5 Å². The summed E-state index contributed by atoms with van der Waals surface area (Å²) in [6.07, 6.45) is -0.0593. The summed E-state index contributed by atoms with van der Waals surface area (Å²) >= 11 is 2.28. The lowest BCUT2D eigenvalue weighted by Crippen LogP contribution is -2.29. The highest BCUT2D eigenvalue weighted by Crippen LogP contribution is 2.34. The van der Waals surface area contributed by atoms with Gasteiger partial charge >= 0.3 is 5.97 Å². The van der Waals surface area contributed by atoms with Gasteiger partial charge in [-0.15, -0.1) is 0 Å². The number of carbonyl (C=O) groups is 1. The molecule has 0 amide bonds. The van der Waals surface area contributed by atoms with Gasteiger partial charge in [-0.2, -0.15) is 0 Å². The summed E-state index contributed by atoms with van der Waals surface area (Å²) in [5.41, 5.74) is 2.14. The molecule has 6 heteroatoms.